The number of ether oxygens (including phenoxy) is 3. The molecule has 0 aromatic heterocycles. The molecule has 0 saturated carbocycles. The van der Waals surface area contributed by atoms with E-state index >= 15 is 0 Å². The molecule has 202 valence electrons. The van der Waals surface area contributed by atoms with Crippen molar-refractivity contribution in [2.24, 2.45) is 5.10 Å². The van der Waals surface area contributed by atoms with E-state index < -0.39 is 22.0 Å². The van der Waals surface area contributed by atoms with Gasteiger partial charge in [0.25, 0.3) is 5.91 Å². The first-order chi connectivity index (χ1) is 18.1. The van der Waals surface area contributed by atoms with Crippen molar-refractivity contribution in [1.29, 1.82) is 0 Å². The minimum Gasteiger partial charge on any atom is -0.497 e. The van der Waals surface area contributed by atoms with Crippen LogP contribution in [0.25, 0.3) is 0 Å². The zero-order valence-electron chi connectivity index (χ0n) is 21.5. The van der Waals surface area contributed by atoms with Crippen LogP contribution in [0.1, 0.15) is 25.0 Å². The number of methoxy groups -OCH3 is 1. The van der Waals surface area contributed by atoms with Gasteiger partial charge in [-0.25, -0.2) is 13.8 Å². The Balaban J connectivity index is 1.69. The van der Waals surface area contributed by atoms with Gasteiger partial charge in [-0.05, 0) is 79.6 Å². The predicted octanol–water partition coefficient (Wildman–Crippen LogP) is 4.63. The Labute approximate surface area is 228 Å². The molecule has 1 N–H and O–H groups in total. The monoisotopic (exact) mass is 559 g/mol. The Kier molecular flexibility index (Phi) is 9.98. The number of carbonyl (C=O) groups excluding carboxylic acids is 1. The molecule has 0 aliphatic heterocycles. The van der Waals surface area contributed by atoms with Gasteiger partial charge in [-0.3, -0.25) is 9.10 Å². The fourth-order valence-electron chi connectivity index (χ4n) is 3.58. The SMILES string of the molecule is CCOc1cc(/C=N\NC(=O)[C@@H](C)N(c2ccc(OC)cc2)S(C)(=O)=O)ccc1OCc1cccc(Cl)c1. The van der Waals surface area contributed by atoms with Crippen LogP contribution in [0.2, 0.25) is 5.02 Å². The van der Waals surface area contributed by atoms with E-state index in [1.165, 1.54) is 20.2 Å². The molecule has 0 aliphatic carbocycles. The van der Waals surface area contributed by atoms with Gasteiger partial charge >= 0.3 is 0 Å². The van der Waals surface area contributed by atoms with Gasteiger partial charge in [0.05, 0.1) is 31.9 Å². The number of hydrogen-bond donors (Lipinski definition) is 1. The summed E-state index contributed by atoms with van der Waals surface area (Å²) in [5.41, 5.74) is 4.30. The van der Waals surface area contributed by atoms with Gasteiger partial charge in [0, 0.05) is 5.02 Å². The van der Waals surface area contributed by atoms with E-state index in [9.17, 15) is 13.2 Å². The third-order valence-corrected chi connectivity index (χ3v) is 6.83. The van der Waals surface area contributed by atoms with Crippen molar-refractivity contribution >= 4 is 39.4 Å². The van der Waals surface area contributed by atoms with Crippen molar-refractivity contribution in [1.82, 2.24) is 5.43 Å². The minimum atomic E-state index is -3.76. The van der Waals surface area contributed by atoms with Crippen molar-refractivity contribution in [3.63, 3.8) is 0 Å². The molecule has 3 aromatic carbocycles. The van der Waals surface area contributed by atoms with Crippen LogP contribution in [0.5, 0.6) is 17.2 Å². The largest absolute Gasteiger partial charge is 0.497 e. The Morgan fingerprint density at radius 1 is 1.08 bits per heavy atom. The number of rotatable bonds is 12. The van der Waals surface area contributed by atoms with Crippen LogP contribution in [0, 0.1) is 0 Å². The zero-order valence-corrected chi connectivity index (χ0v) is 23.1. The molecule has 0 spiro atoms. The van der Waals surface area contributed by atoms with E-state index in [-0.39, 0.29) is 0 Å². The first-order valence-electron chi connectivity index (χ1n) is 11.7. The Morgan fingerprint density at radius 3 is 2.45 bits per heavy atom. The van der Waals surface area contributed by atoms with Crippen LogP contribution in [0.4, 0.5) is 5.69 Å². The molecular formula is C27H30ClN3O6S. The van der Waals surface area contributed by atoms with Crippen LogP contribution in [-0.2, 0) is 21.4 Å². The lowest BCUT2D eigenvalue weighted by molar-refractivity contribution is -0.121. The Morgan fingerprint density at radius 2 is 1.82 bits per heavy atom. The number of sulfonamides is 1. The normalized spacial score (nSPS) is 12.1. The maximum Gasteiger partial charge on any atom is 0.263 e. The molecule has 38 heavy (non-hydrogen) atoms. The molecule has 0 radical (unpaired) electrons. The first-order valence-corrected chi connectivity index (χ1v) is 14.0. The number of halogens is 1. The molecule has 0 heterocycles. The van der Waals surface area contributed by atoms with Crippen LogP contribution < -0.4 is 23.9 Å². The highest BCUT2D eigenvalue weighted by Gasteiger charge is 2.29. The van der Waals surface area contributed by atoms with Gasteiger partial charge in [-0.15, -0.1) is 0 Å². The van der Waals surface area contributed by atoms with E-state index in [0.717, 1.165) is 16.1 Å². The van der Waals surface area contributed by atoms with Crippen molar-refractivity contribution in [3.05, 3.63) is 82.9 Å². The van der Waals surface area contributed by atoms with Crippen LogP contribution in [-0.4, -0.2) is 46.6 Å². The lowest BCUT2D eigenvalue weighted by Gasteiger charge is -2.27. The maximum absolute atomic E-state index is 12.8. The highest BCUT2D eigenvalue weighted by molar-refractivity contribution is 7.92. The Bertz CT molecular complexity index is 1380. The number of carbonyl (C=O) groups is 1. The summed E-state index contributed by atoms with van der Waals surface area (Å²) in [4.78, 5) is 12.8. The number of nitrogens with one attached hydrogen (secondary N) is 1. The second kappa shape index (κ2) is 13.2. The standard InChI is InChI=1S/C27H30ClN3O6S/c1-5-36-26-16-20(9-14-25(26)37-18-21-7-6-8-22(28)15-21)17-29-30-27(32)19(2)31(38(4,33)34)23-10-12-24(35-3)13-11-23/h6-17,19H,5,18H2,1-4H3,(H,30,32)/b29-17-/t19-/m1/s1. The van der Waals surface area contributed by atoms with Crippen LogP contribution in [0.3, 0.4) is 0 Å². The molecule has 0 aliphatic rings. The summed E-state index contributed by atoms with van der Waals surface area (Å²) < 4.78 is 42.7. The summed E-state index contributed by atoms with van der Waals surface area (Å²) in [6.45, 7) is 4.08. The van der Waals surface area contributed by atoms with E-state index in [2.05, 4.69) is 10.5 Å². The number of benzene rings is 3. The number of hydrogen-bond acceptors (Lipinski definition) is 7. The smallest absolute Gasteiger partial charge is 0.263 e. The summed E-state index contributed by atoms with van der Waals surface area (Å²) >= 11 is 6.04. The average molecular weight is 560 g/mol. The van der Waals surface area contributed by atoms with E-state index in [1.54, 1.807) is 48.5 Å². The van der Waals surface area contributed by atoms with Crippen molar-refractivity contribution < 1.29 is 27.4 Å². The molecule has 0 saturated heterocycles. The minimum absolute atomic E-state index is 0.313. The molecule has 0 unspecified atom stereocenters. The maximum atomic E-state index is 12.8. The highest BCUT2D eigenvalue weighted by Crippen LogP contribution is 2.29. The fraction of sp³-hybridized carbons (Fsp3) is 0.259. The summed E-state index contributed by atoms with van der Waals surface area (Å²) in [5, 5.41) is 4.63. The van der Waals surface area contributed by atoms with Crippen molar-refractivity contribution in [2.75, 3.05) is 24.3 Å². The molecule has 1 atom stereocenters. The lowest BCUT2D eigenvalue weighted by Crippen LogP contribution is -2.46. The second-order valence-corrected chi connectivity index (χ2v) is 10.5. The highest BCUT2D eigenvalue weighted by atomic mass is 35.5. The lowest BCUT2D eigenvalue weighted by atomic mass is 10.2. The zero-order chi connectivity index (χ0) is 27.7. The predicted molar refractivity (Wildman–Crippen MR) is 149 cm³/mol. The number of hydrazone groups is 1. The summed E-state index contributed by atoms with van der Waals surface area (Å²) in [6.07, 6.45) is 2.47. The van der Waals surface area contributed by atoms with E-state index in [1.807, 2.05) is 25.1 Å². The molecule has 9 nitrogen and oxygen atoms in total. The number of amides is 1. The third kappa shape index (κ3) is 7.87. The van der Waals surface area contributed by atoms with Gasteiger partial charge in [-0.2, -0.15) is 5.10 Å². The van der Waals surface area contributed by atoms with Gasteiger partial charge in [0.2, 0.25) is 10.0 Å². The van der Waals surface area contributed by atoms with Gasteiger partial charge in [0.1, 0.15) is 18.4 Å². The quantitative estimate of drug-likeness (QED) is 0.256. The molecule has 0 fully saturated rings. The molecule has 1 amide bonds. The average Bonchev–Trinajstić information content (AvgIpc) is 2.88. The summed E-state index contributed by atoms with van der Waals surface area (Å²) in [6, 6.07) is 17.9. The van der Waals surface area contributed by atoms with E-state index in [4.69, 9.17) is 25.8 Å². The molecule has 11 heteroatoms. The second-order valence-electron chi connectivity index (χ2n) is 8.22. The van der Waals surface area contributed by atoms with Crippen molar-refractivity contribution in [2.45, 2.75) is 26.5 Å². The topological polar surface area (TPSA) is 107 Å². The fourth-order valence-corrected chi connectivity index (χ4v) is 4.97. The summed E-state index contributed by atoms with van der Waals surface area (Å²) in [7, 11) is -2.25. The third-order valence-electron chi connectivity index (χ3n) is 5.35. The Hall–Kier alpha value is -3.76. The van der Waals surface area contributed by atoms with E-state index in [0.29, 0.717) is 46.7 Å². The van der Waals surface area contributed by atoms with Gasteiger partial charge in [-0.1, -0.05) is 23.7 Å². The molecule has 3 aromatic rings. The first kappa shape index (κ1) is 28.8. The van der Waals surface area contributed by atoms with Crippen molar-refractivity contribution in [3.8, 4) is 17.2 Å². The summed E-state index contributed by atoms with van der Waals surface area (Å²) in [5.74, 6) is 1.02. The van der Waals surface area contributed by atoms with Gasteiger partial charge in [0.15, 0.2) is 11.5 Å². The molecule has 0 bridgehead atoms. The van der Waals surface area contributed by atoms with Gasteiger partial charge < -0.3 is 14.2 Å². The van der Waals surface area contributed by atoms with Crippen LogP contribution in [0.15, 0.2) is 71.8 Å². The molecular weight excluding hydrogens is 530 g/mol. The number of nitrogens with zero attached hydrogens (tertiary/aromatic N) is 2. The van der Waals surface area contributed by atoms with Crippen LogP contribution >= 0.6 is 11.6 Å². The molecule has 3 rings (SSSR count). The number of anilines is 1.